The maximum atomic E-state index is 10.9. The third-order valence-corrected chi connectivity index (χ3v) is 2.51. The number of nitro groups is 1. The van der Waals surface area contributed by atoms with Gasteiger partial charge in [0.25, 0.3) is 5.69 Å². The van der Waals surface area contributed by atoms with Crippen molar-refractivity contribution in [3.8, 4) is 5.69 Å². The molecule has 18 heavy (non-hydrogen) atoms. The van der Waals surface area contributed by atoms with Gasteiger partial charge in [0.05, 0.1) is 17.2 Å². The van der Waals surface area contributed by atoms with Crippen LogP contribution in [0, 0.1) is 17.0 Å². The van der Waals surface area contributed by atoms with Gasteiger partial charge in [0, 0.05) is 6.07 Å². The Kier molecular flexibility index (Phi) is 3.07. The second-order valence-electron chi connectivity index (χ2n) is 4.01. The van der Waals surface area contributed by atoms with Crippen LogP contribution in [0.5, 0.6) is 0 Å². The highest BCUT2D eigenvalue weighted by Gasteiger charge is 2.17. The molecule has 0 bridgehead atoms. The maximum Gasteiger partial charge on any atom is 0.294 e. The van der Waals surface area contributed by atoms with Crippen LogP contribution in [-0.2, 0) is 0 Å². The third-order valence-electron chi connectivity index (χ3n) is 2.51. The molecule has 1 N–H and O–H groups in total. The van der Waals surface area contributed by atoms with Gasteiger partial charge in [0.1, 0.15) is 11.4 Å². The summed E-state index contributed by atoms with van der Waals surface area (Å²) >= 11 is 0. The number of nitrogens with zero attached hydrogens (tertiary/aromatic N) is 4. The number of aryl methyl sites for hydroxylation is 1. The average molecular weight is 248 g/mol. The number of benzene rings is 1. The fourth-order valence-electron chi connectivity index (χ4n) is 1.56. The summed E-state index contributed by atoms with van der Waals surface area (Å²) < 4.78 is 1.30. The van der Waals surface area contributed by atoms with Gasteiger partial charge in [-0.05, 0) is 25.5 Å². The molecule has 1 atom stereocenters. The first-order chi connectivity index (χ1) is 8.49. The predicted octanol–water partition coefficient (Wildman–Crippen LogP) is 1.54. The van der Waals surface area contributed by atoms with E-state index in [9.17, 15) is 15.2 Å². The Labute approximate surface area is 103 Å². The molecular formula is C11H12N4O3. The van der Waals surface area contributed by atoms with Crippen LogP contribution < -0.4 is 0 Å². The van der Waals surface area contributed by atoms with E-state index in [-0.39, 0.29) is 5.69 Å². The highest BCUT2D eigenvalue weighted by atomic mass is 16.6. The first-order valence-electron chi connectivity index (χ1n) is 5.35. The first-order valence-corrected chi connectivity index (χ1v) is 5.35. The van der Waals surface area contributed by atoms with Crippen LogP contribution in [0.3, 0.4) is 0 Å². The quantitative estimate of drug-likeness (QED) is 0.656. The van der Waals surface area contributed by atoms with Crippen molar-refractivity contribution in [2.24, 2.45) is 0 Å². The minimum absolute atomic E-state index is 0.0531. The van der Waals surface area contributed by atoms with Crippen molar-refractivity contribution in [1.29, 1.82) is 0 Å². The summed E-state index contributed by atoms with van der Waals surface area (Å²) in [6.45, 7) is 3.39. The van der Waals surface area contributed by atoms with Crippen LogP contribution in [0.15, 0.2) is 24.4 Å². The van der Waals surface area contributed by atoms with Gasteiger partial charge in [-0.1, -0.05) is 11.3 Å². The highest BCUT2D eigenvalue weighted by Crippen LogP contribution is 2.23. The Balaban J connectivity index is 2.54. The summed E-state index contributed by atoms with van der Waals surface area (Å²) in [6.07, 6.45) is 0.717. The fourth-order valence-corrected chi connectivity index (χ4v) is 1.56. The van der Waals surface area contributed by atoms with Crippen LogP contribution in [0.1, 0.15) is 24.3 Å². The Morgan fingerprint density at radius 1 is 1.50 bits per heavy atom. The summed E-state index contributed by atoms with van der Waals surface area (Å²) in [6, 6.07) is 4.74. The third kappa shape index (κ3) is 2.21. The van der Waals surface area contributed by atoms with Gasteiger partial charge < -0.3 is 5.11 Å². The van der Waals surface area contributed by atoms with Crippen LogP contribution in [-0.4, -0.2) is 25.0 Å². The Bertz CT molecular complexity index is 592. The molecule has 7 nitrogen and oxygen atoms in total. The van der Waals surface area contributed by atoms with E-state index in [2.05, 4.69) is 10.3 Å². The van der Waals surface area contributed by atoms with Crippen molar-refractivity contribution < 1.29 is 10.0 Å². The van der Waals surface area contributed by atoms with Crippen molar-refractivity contribution in [2.75, 3.05) is 0 Å². The zero-order valence-corrected chi connectivity index (χ0v) is 9.94. The maximum absolute atomic E-state index is 10.9. The number of aromatic nitrogens is 3. The van der Waals surface area contributed by atoms with Gasteiger partial charge in [-0.3, -0.25) is 10.1 Å². The molecular weight excluding hydrogens is 236 g/mol. The largest absolute Gasteiger partial charge is 0.387 e. The van der Waals surface area contributed by atoms with E-state index in [0.29, 0.717) is 11.4 Å². The van der Waals surface area contributed by atoms with Crippen LogP contribution in [0.4, 0.5) is 5.69 Å². The first kappa shape index (κ1) is 12.2. The van der Waals surface area contributed by atoms with Gasteiger partial charge >= 0.3 is 0 Å². The van der Waals surface area contributed by atoms with E-state index in [1.54, 1.807) is 19.1 Å². The van der Waals surface area contributed by atoms with Gasteiger partial charge in [0.15, 0.2) is 0 Å². The minimum atomic E-state index is -0.761. The molecule has 1 aromatic heterocycles. The lowest BCUT2D eigenvalue weighted by Gasteiger charge is -2.03. The lowest BCUT2D eigenvalue weighted by atomic mass is 10.2. The SMILES string of the molecule is Cc1ccc([N+](=O)[O-])c(-n2cc(C(C)O)nn2)c1. The molecule has 94 valence electrons. The zero-order chi connectivity index (χ0) is 13.3. The minimum Gasteiger partial charge on any atom is -0.387 e. The molecule has 7 heteroatoms. The standard InChI is InChI=1S/C11H12N4O3/c1-7-3-4-10(15(17)18)11(5-7)14-6-9(8(2)16)12-13-14/h3-6,8,16H,1-2H3. The predicted molar refractivity (Wildman–Crippen MR) is 63.4 cm³/mol. The number of rotatable bonds is 3. The van der Waals surface area contributed by atoms with Crippen molar-refractivity contribution in [1.82, 2.24) is 15.0 Å². The number of nitro benzene ring substituents is 1. The molecule has 0 aliphatic carbocycles. The lowest BCUT2D eigenvalue weighted by molar-refractivity contribution is -0.384. The molecule has 0 fully saturated rings. The number of hydrogen-bond acceptors (Lipinski definition) is 5. The van der Waals surface area contributed by atoms with Crippen molar-refractivity contribution in [3.63, 3.8) is 0 Å². The number of aliphatic hydroxyl groups excluding tert-OH is 1. The van der Waals surface area contributed by atoms with Crippen LogP contribution >= 0.6 is 0 Å². The van der Waals surface area contributed by atoms with E-state index >= 15 is 0 Å². The zero-order valence-electron chi connectivity index (χ0n) is 9.94. The molecule has 0 saturated heterocycles. The second kappa shape index (κ2) is 4.53. The van der Waals surface area contributed by atoms with Gasteiger partial charge in [-0.2, -0.15) is 0 Å². The molecule has 0 radical (unpaired) electrons. The van der Waals surface area contributed by atoms with E-state index in [1.165, 1.54) is 16.9 Å². The summed E-state index contributed by atoms with van der Waals surface area (Å²) in [5.41, 5.74) is 1.53. The number of aliphatic hydroxyl groups is 1. The Hall–Kier alpha value is -2.28. The summed E-state index contributed by atoms with van der Waals surface area (Å²) in [4.78, 5) is 10.5. The topological polar surface area (TPSA) is 94.1 Å². The molecule has 1 heterocycles. The lowest BCUT2D eigenvalue weighted by Crippen LogP contribution is -2.01. The van der Waals surface area contributed by atoms with Crippen molar-refractivity contribution >= 4 is 5.69 Å². The molecule has 0 amide bonds. The summed E-state index contributed by atoms with van der Waals surface area (Å²) in [7, 11) is 0. The van der Waals surface area contributed by atoms with Crippen molar-refractivity contribution in [2.45, 2.75) is 20.0 Å². The molecule has 0 saturated carbocycles. The van der Waals surface area contributed by atoms with E-state index in [4.69, 9.17) is 0 Å². The summed E-state index contributed by atoms with van der Waals surface area (Å²) in [5, 5.41) is 27.9. The van der Waals surface area contributed by atoms with Gasteiger partial charge in [0.2, 0.25) is 0 Å². The van der Waals surface area contributed by atoms with Crippen LogP contribution in [0.2, 0.25) is 0 Å². The molecule has 1 unspecified atom stereocenters. The normalized spacial score (nSPS) is 12.4. The molecule has 2 aromatic rings. The smallest absolute Gasteiger partial charge is 0.294 e. The molecule has 1 aromatic carbocycles. The average Bonchev–Trinajstić information content (AvgIpc) is 2.77. The van der Waals surface area contributed by atoms with Gasteiger partial charge in [-0.25, -0.2) is 4.68 Å². The molecule has 0 aliphatic heterocycles. The second-order valence-corrected chi connectivity index (χ2v) is 4.01. The Morgan fingerprint density at radius 2 is 2.22 bits per heavy atom. The molecule has 0 spiro atoms. The number of hydrogen-bond donors (Lipinski definition) is 1. The van der Waals surface area contributed by atoms with Crippen molar-refractivity contribution in [3.05, 3.63) is 45.8 Å². The highest BCUT2D eigenvalue weighted by molar-refractivity contribution is 5.53. The van der Waals surface area contributed by atoms with E-state index in [0.717, 1.165) is 5.56 Å². The van der Waals surface area contributed by atoms with E-state index in [1.807, 2.05) is 6.92 Å². The molecule has 0 aliphatic rings. The molecule has 2 rings (SSSR count). The Morgan fingerprint density at radius 3 is 2.78 bits per heavy atom. The van der Waals surface area contributed by atoms with Gasteiger partial charge in [-0.15, -0.1) is 5.10 Å². The van der Waals surface area contributed by atoms with E-state index < -0.39 is 11.0 Å². The fraction of sp³-hybridized carbons (Fsp3) is 0.273. The van der Waals surface area contributed by atoms with Crippen LogP contribution in [0.25, 0.3) is 5.69 Å². The summed E-state index contributed by atoms with van der Waals surface area (Å²) in [5.74, 6) is 0. The monoisotopic (exact) mass is 248 g/mol.